The minimum absolute atomic E-state index is 0.315. The Morgan fingerprint density at radius 2 is 1.18 bits per heavy atom. The van der Waals surface area contributed by atoms with Crippen LogP contribution in [0, 0.1) is 0 Å². The van der Waals surface area contributed by atoms with Crippen molar-refractivity contribution in [3.63, 3.8) is 0 Å². The summed E-state index contributed by atoms with van der Waals surface area (Å²) >= 11 is 0. The predicted molar refractivity (Wildman–Crippen MR) is 116 cm³/mol. The molecule has 5 heteroatoms. The number of carbonyl (C=O) groups is 1. The Labute approximate surface area is 173 Å². The van der Waals surface area contributed by atoms with Crippen LogP contribution in [0.2, 0.25) is 0 Å². The first-order chi connectivity index (χ1) is 13.6. The number of carbonyl (C=O) groups excluding carboxylic acids is 1. The van der Waals surface area contributed by atoms with E-state index in [0.29, 0.717) is 19.3 Å². The summed E-state index contributed by atoms with van der Waals surface area (Å²) in [6.45, 7) is 3.83. The number of aliphatic hydroxyl groups is 3. The molecule has 0 aliphatic rings. The third kappa shape index (κ3) is 15.3. The maximum absolute atomic E-state index is 11.8. The second kappa shape index (κ2) is 19.7. The third-order valence-electron chi connectivity index (χ3n) is 5.46. The molecule has 0 radical (unpaired) electrons. The molecule has 0 bridgehead atoms. The Morgan fingerprint density at radius 1 is 0.714 bits per heavy atom. The van der Waals surface area contributed by atoms with E-state index in [4.69, 9.17) is 0 Å². The van der Waals surface area contributed by atoms with Gasteiger partial charge in [-0.3, -0.25) is 4.79 Å². The molecule has 0 spiro atoms. The van der Waals surface area contributed by atoms with E-state index >= 15 is 0 Å². The summed E-state index contributed by atoms with van der Waals surface area (Å²) in [5, 5.41) is 31.8. The zero-order chi connectivity index (χ0) is 21.0. The molecule has 0 aliphatic carbocycles. The molecule has 0 saturated carbocycles. The largest absolute Gasteiger partial charge is 0.394 e. The van der Waals surface area contributed by atoms with Crippen LogP contribution in [0.4, 0.5) is 0 Å². The van der Waals surface area contributed by atoms with Gasteiger partial charge in [-0.15, -0.1) is 0 Å². The second-order valence-corrected chi connectivity index (χ2v) is 8.20. The molecule has 1 amide bonds. The maximum Gasteiger partial charge on any atom is 0.249 e. The molecule has 0 aromatic carbocycles. The van der Waals surface area contributed by atoms with Crippen molar-refractivity contribution < 1.29 is 20.1 Å². The Morgan fingerprint density at radius 3 is 1.61 bits per heavy atom. The van der Waals surface area contributed by atoms with Crippen molar-refractivity contribution in [1.82, 2.24) is 5.32 Å². The van der Waals surface area contributed by atoms with Crippen molar-refractivity contribution in [3.8, 4) is 0 Å². The van der Waals surface area contributed by atoms with E-state index in [1.165, 1.54) is 70.6 Å². The van der Waals surface area contributed by atoms with Crippen LogP contribution in [0.25, 0.3) is 0 Å². The molecule has 0 saturated heterocycles. The van der Waals surface area contributed by atoms with Gasteiger partial charge in [0, 0.05) is 0 Å². The lowest BCUT2D eigenvalue weighted by Crippen LogP contribution is -2.49. The lowest BCUT2D eigenvalue weighted by atomic mass is 10.0. The van der Waals surface area contributed by atoms with Crippen LogP contribution < -0.4 is 5.32 Å². The Kier molecular flexibility index (Phi) is 19.2. The van der Waals surface area contributed by atoms with E-state index in [9.17, 15) is 20.1 Å². The zero-order valence-electron chi connectivity index (χ0n) is 18.5. The summed E-state index contributed by atoms with van der Waals surface area (Å²) in [6, 6.07) is -0.698. The first-order valence-electron chi connectivity index (χ1n) is 11.8. The van der Waals surface area contributed by atoms with Crippen molar-refractivity contribution in [2.45, 2.75) is 135 Å². The van der Waals surface area contributed by atoms with Gasteiger partial charge in [0.05, 0.1) is 18.8 Å². The highest BCUT2D eigenvalue weighted by atomic mass is 16.3. The standard InChI is InChI=1S/C23H47NO4/c1-3-5-6-7-8-9-10-11-12-13-14-15-16-18-21(26)20(19-25)24-23(28)22(27)17-4-2/h20-22,25-27H,3-19H2,1-2H3,(H,24,28)/t20-,21+,22?/m0/s1. The fourth-order valence-electron chi connectivity index (χ4n) is 3.52. The average Bonchev–Trinajstić information content (AvgIpc) is 2.69. The molecule has 0 fully saturated rings. The van der Waals surface area contributed by atoms with Crippen molar-refractivity contribution in [3.05, 3.63) is 0 Å². The molecule has 5 nitrogen and oxygen atoms in total. The van der Waals surface area contributed by atoms with Gasteiger partial charge in [0.25, 0.3) is 0 Å². The van der Waals surface area contributed by atoms with E-state index < -0.39 is 24.2 Å². The van der Waals surface area contributed by atoms with Gasteiger partial charge in [0.2, 0.25) is 5.91 Å². The number of amides is 1. The summed E-state index contributed by atoms with van der Waals surface area (Å²) in [5.41, 5.74) is 0. The lowest BCUT2D eigenvalue weighted by Gasteiger charge is -2.23. The van der Waals surface area contributed by atoms with Crippen LogP contribution in [0.1, 0.15) is 117 Å². The smallest absolute Gasteiger partial charge is 0.249 e. The SMILES string of the molecule is CCCCCCCCCCCCCCC[C@@H](O)[C@H](CO)NC(=O)C(O)CCC. The van der Waals surface area contributed by atoms with Crippen molar-refractivity contribution in [2.75, 3.05) is 6.61 Å². The number of unbranched alkanes of at least 4 members (excludes halogenated alkanes) is 12. The fourth-order valence-corrected chi connectivity index (χ4v) is 3.52. The van der Waals surface area contributed by atoms with Crippen LogP contribution in [0.5, 0.6) is 0 Å². The molecule has 3 atom stereocenters. The van der Waals surface area contributed by atoms with Crippen LogP contribution in [-0.4, -0.2) is 46.1 Å². The first-order valence-corrected chi connectivity index (χ1v) is 11.8. The van der Waals surface area contributed by atoms with Crippen LogP contribution in [-0.2, 0) is 4.79 Å². The molecule has 28 heavy (non-hydrogen) atoms. The van der Waals surface area contributed by atoms with Crippen LogP contribution in [0.3, 0.4) is 0 Å². The van der Waals surface area contributed by atoms with Gasteiger partial charge in [-0.25, -0.2) is 0 Å². The summed E-state index contributed by atoms with van der Waals surface area (Å²) in [6.07, 6.45) is 16.4. The average molecular weight is 402 g/mol. The summed E-state index contributed by atoms with van der Waals surface area (Å²) < 4.78 is 0. The number of hydrogen-bond donors (Lipinski definition) is 4. The molecular weight excluding hydrogens is 354 g/mol. The van der Waals surface area contributed by atoms with Gasteiger partial charge >= 0.3 is 0 Å². The van der Waals surface area contributed by atoms with Gasteiger partial charge in [-0.05, 0) is 12.8 Å². The van der Waals surface area contributed by atoms with E-state index in [2.05, 4.69) is 12.2 Å². The Hall–Kier alpha value is -0.650. The van der Waals surface area contributed by atoms with Crippen LogP contribution >= 0.6 is 0 Å². The molecule has 0 rings (SSSR count). The monoisotopic (exact) mass is 401 g/mol. The minimum Gasteiger partial charge on any atom is -0.394 e. The predicted octanol–water partition coefficient (Wildman–Crippen LogP) is 4.47. The van der Waals surface area contributed by atoms with Crippen molar-refractivity contribution in [2.24, 2.45) is 0 Å². The molecule has 0 aliphatic heterocycles. The Balaban J connectivity index is 3.61. The molecule has 4 N–H and O–H groups in total. The zero-order valence-corrected chi connectivity index (χ0v) is 18.5. The lowest BCUT2D eigenvalue weighted by molar-refractivity contribution is -0.131. The second-order valence-electron chi connectivity index (χ2n) is 8.20. The molecule has 1 unspecified atom stereocenters. The van der Waals surface area contributed by atoms with Gasteiger partial charge < -0.3 is 20.6 Å². The fraction of sp³-hybridized carbons (Fsp3) is 0.957. The molecule has 168 valence electrons. The summed E-state index contributed by atoms with van der Waals surface area (Å²) in [4.78, 5) is 11.8. The molecule has 0 heterocycles. The third-order valence-corrected chi connectivity index (χ3v) is 5.46. The quantitative estimate of drug-likeness (QED) is 0.227. The molecule has 0 aromatic heterocycles. The highest BCUT2D eigenvalue weighted by Crippen LogP contribution is 2.14. The van der Waals surface area contributed by atoms with Crippen molar-refractivity contribution in [1.29, 1.82) is 0 Å². The number of aliphatic hydroxyl groups excluding tert-OH is 3. The highest BCUT2D eigenvalue weighted by molar-refractivity contribution is 5.80. The number of rotatable bonds is 20. The van der Waals surface area contributed by atoms with Gasteiger partial charge in [0.1, 0.15) is 6.10 Å². The van der Waals surface area contributed by atoms with E-state index in [1.54, 1.807) is 0 Å². The normalized spacial score (nSPS) is 14.6. The summed E-state index contributed by atoms with van der Waals surface area (Å²) in [7, 11) is 0. The van der Waals surface area contributed by atoms with E-state index in [1.807, 2.05) is 6.92 Å². The van der Waals surface area contributed by atoms with Gasteiger partial charge in [0.15, 0.2) is 0 Å². The topological polar surface area (TPSA) is 89.8 Å². The van der Waals surface area contributed by atoms with E-state index in [0.717, 1.165) is 12.8 Å². The molecular formula is C23H47NO4. The number of hydrogen-bond acceptors (Lipinski definition) is 4. The van der Waals surface area contributed by atoms with Crippen molar-refractivity contribution >= 4 is 5.91 Å². The minimum atomic E-state index is -1.07. The van der Waals surface area contributed by atoms with Crippen LogP contribution in [0.15, 0.2) is 0 Å². The highest BCUT2D eigenvalue weighted by Gasteiger charge is 2.23. The van der Waals surface area contributed by atoms with E-state index in [-0.39, 0.29) is 6.61 Å². The maximum atomic E-state index is 11.8. The summed E-state index contributed by atoms with van der Waals surface area (Å²) in [5.74, 6) is -0.509. The van der Waals surface area contributed by atoms with Gasteiger partial charge in [-0.1, -0.05) is 104 Å². The number of nitrogens with one attached hydrogen (secondary N) is 1. The first kappa shape index (κ1) is 27.4. The molecule has 0 aromatic rings. The van der Waals surface area contributed by atoms with Gasteiger partial charge in [-0.2, -0.15) is 0 Å². The Bertz CT molecular complexity index is 351.